The standard InChI is InChI=1S/C32H48N8O6/c1-20(2)39(16-8-15-34-31(44)38-22-12-10-21(11-13-22)32(3,4)5)17-23-26(42)27(43)30(46-23)40-19-37-25-28(35-18-36-29(25)40)33-14-7-9-24(41)45-6/h10-13,18-20,23,26-27,30,42-43H,7-9,14-17H2,1-6H3,(H,33,35,36)(H2,34,38,44)/t23-,26-,27-,30-/m1/s1. The Morgan fingerprint density at radius 2 is 1.80 bits per heavy atom. The Labute approximate surface area is 269 Å². The van der Waals surface area contributed by atoms with Crippen molar-refractivity contribution in [1.82, 2.24) is 29.7 Å². The zero-order valence-electron chi connectivity index (χ0n) is 27.6. The highest BCUT2D eigenvalue weighted by molar-refractivity contribution is 5.89. The fraction of sp³-hybridized carbons (Fsp3) is 0.594. The summed E-state index contributed by atoms with van der Waals surface area (Å²) >= 11 is 0. The summed E-state index contributed by atoms with van der Waals surface area (Å²) in [6.07, 6.45) is 0.517. The number of methoxy groups -OCH3 is 1. The highest BCUT2D eigenvalue weighted by Crippen LogP contribution is 2.33. The SMILES string of the molecule is COC(=O)CCCNc1ncnc2c1ncn2[C@@H]1O[C@H](CN(CCCNC(=O)Nc2ccc(C(C)(C)C)cc2)C(C)C)[C@@H](O)[C@H]1O. The van der Waals surface area contributed by atoms with Gasteiger partial charge in [0, 0.05) is 44.3 Å². The zero-order chi connectivity index (χ0) is 33.4. The third-order valence-corrected chi connectivity index (χ3v) is 8.11. The Morgan fingerprint density at radius 1 is 1.07 bits per heavy atom. The molecule has 2 amide bonds. The third kappa shape index (κ3) is 8.90. The first kappa shape index (κ1) is 35.0. The quantitative estimate of drug-likeness (QED) is 0.129. The first-order chi connectivity index (χ1) is 21.9. The molecule has 2 aromatic heterocycles. The number of hydrogen-bond acceptors (Lipinski definition) is 11. The molecule has 0 aliphatic carbocycles. The number of nitrogens with one attached hydrogen (secondary N) is 3. The maximum Gasteiger partial charge on any atom is 0.319 e. The van der Waals surface area contributed by atoms with E-state index in [2.05, 4.69) is 75.2 Å². The maximum atomic E-state index is 12.4. The van der Waals surface area contributed by atoms with Gasteiger partial charge in [-0.05, 0) is 49.8 Å². The molecule has 14 heteroatoms. The van der Waals surface area contributed by atoms with Crippen molar-refractivity contribution < 1.29 is 29.3 Å². The smallest absolute Gasteiger partial charge is 0.319 e. The van der Waals surface area contributed by atoms with E-state index in [4.69, 9.17) is 4.74 Å². The van der Waals surface area contributed by atoms with Crippen LogP contribution in [0.5, 0.6) is 0 Å². The van der Waals surface area contributed by atoms with Gasteiger partial charge in [-0.15, -0.1) is 0 Å². The minimum absolute atomic E-state index is 0.0430. The van der Waals surface area contributed by atoms with Crippen molar-refractivity contribution in [3.63, 3.8) is 0 Å². The van der Waals surface area contributed by atoms with Crippen LogP contribution in [-0.4, -0.2) is 104 Å². The molecule has 0 spiro atoms. The normalized spacial score (nSPS) is 20.0. The number of esters is 1. The fourth-order valence-corrected chi connectivity index (χ4v) is 5.32. The van der Waals surface area contributed by atoms with E-state index in [9.17, 15) is 19.8 Å². The summed E-state index contributed by atoms with van der Waals surface area (Å²) in [6.45, 7) is 12.5. The van der Waals surface area contributed by atoms with Gasteiger partial charge < -0.3 is 35.6 Å². The highest BCUT2D eigenvalue weighted by atomic mass is 16.6. The summed E-state index contributed by atoms with van der Waals surface area (Å²) in [6, 6.07) is 7.72. The summed E-state index contributed by atoms with van der Waals surface area (Å²) in [5, 5.41) is 30.9. The van der Waals surface area contributed by atoms with E-state index in [1.165, 1.54) is 25.3 Å². The third-order valence-electron chi connectivity index (χ3n) is 8.11. The summed E-state index contributed by atoms with van der Waals surface area (Å²) in [7, 11) is 1.35. The Morgan fingerprint density at radius 3 is 2.48 bits per heavy atom. The molecule has 252 valence electrons. The molecule has 0 unspecified atom stereocenters. The van der Waals surface area contributed by atoms with Crippen LogP contribution in [0, 0.1) is 0 Å². The Kier molecular flexibility index (Phi) is 11.9. The van der Waals surface area contributed by atoms with Crippen LogP contribution in [0.25, 0.3) is 11.2 Å². The molecule has 1 aromatic carbocycles. The molecule has 0 saturated carbocycles. The number of benzene rings is 1. The molecule has 1 aliphatic heterocycles. The number of nitrogens with zero attached hydrogens (tertiary/aromatic N) is 5. The van der Waals surface area contributed by atoms with Crippen LogP contribution in [-0.2, 0) is 19.7 Å². The lowest BCUT2D eigenvalue weighted by Crippen LogP contribution is -2.44. The number of rotatable bonds is 14. The summed E-state index contributed by atoms with van der Waals surface area (Å²) in [5.74, 6) is 0.206. The van der Waals surface area contributed by atoms with Gasteiger partial charge in [0.25, 0.3) is 0 Å². The maximum absolute atomic E-state index is 12.4. The van der Waals surface area contributed by atoms with Crippen LogP contribution in [0.15, 0.2) is 36.9 Å². The number of amides is 2. The van der Waals surface area contributed by atoms with Gasteiger partial charge in [0.05, 0.1) is 13.4 Å². The van der Waals surface area contributed by atoms with E-state index in [-0.39, 0.29) is 29.9 Å². The van der Waals surface area contributed by atoms with Crippen molar-refractivity contribution in [2.45, 2.75) is 89.9 Å². The number of imidazole rings is 1. The molecule has 4 rings (SSSR count). The number of carbonyl (C=O) groups excluding carboxylic acids is 2. The van der Waals surface area contributed by atoms with Crippen LogP contribution in [0.3, 0.4) is 0 Å². The molecule has 3 aromatic rings. The Hall–Kier alpha value is -3.85. The average Bonchev–Trinajstić information content (AvgIpc) is 3.57. The Balaban J connectivity index is 1.29. The second kappa shape index (κ2) is 15.6. The van der Waals surface area contributed by atoms with Gasteiger partial charge in [-0.25, -0.2) is 19.7 Å². The van der Waals surface area contributed by atoms with Gasteiger partial charge in [-0.2, -0.15) is 0 Å². The number of carbonyl (C=O) groups is 2. The van der Waals surface area contributed by atoms with E-state index in [1.807, 2.05) is 24.3 Å². The second-order valence-electron chi connectivity index (χ2n) is 12.8. The molecule has 46 heavy (non-hydrogen) atoms. The molecule has 1 saturated heterocycles. The summed E-state index contributed by atoms with van der Waals surface area (Å²) < 4.78 is 12.5. The molecular weight excluding hydrogens is 592 g/mol. The van der Waals surface area contributed by atoms with E-state index >= 15 is 0 Å². The Bertz CT molecular complexity index is 1440. The number of fused-ring (bicyclic) bond motifs is 1. The molecule has 3 heterocycles. The van der Waals surface area contributed by atoms with Crippen molar-refractivity contribution in [2.24, 2.45) is 0 Å². The average molecular weight is 641 g/mol. The van der Waals surface area contributed by atoms with Crippen LogP contribution in [0.1, 0.15) is 65.7 Å². The molecular formula is C32H48N8O6. The molecule has 0 radical (unpaired) electrons. The fourth-order valence-electron chi connectivity index (χ4n) is 5.32. The van der Waals surface area contributed by atoms with Gasteiger partial charge in [0.1, 0.15) is 24.6 Å². The van der Waals surface area contributed by atoms with Crippen LogP contribution < -0.4 is 16.0 Å². The minimum Gasteiger partial charge on any atom is -0.469 e. The van der Waals surface area contributed by atoms with Crippen molar-refractivity contribution in [1.29, 1.82) is 0 Å². The van der Waals surface area contributed by atoms with Crippen molar-refractivity contribution >= 4 is 34.7 Å². The number of anilines is 2. The van der Waals surface area contributed by atoms with E-state index in [0.29, 0.717) is 56.0 Å². The second-order valence-corrected chi connectivity index (χ2v) is 12.8. The number of urea groups is 1. The number of ether oxygens (including phenoxy) is 2. The van der Waals surface area contributed by atoms with Gasteiger partial charge >= 0.3 is 12.0 Å². The van der Waals surface area contributed by atoms with Crippen LogP contribution in [0.2, 0.25) is 0 Å². The summed E-state index contributed by atoms with van der Waals surface area (Å²) in [5.41, 5.74) is 2.90. The minimum atomic E-state index is -1.20. The molecule has 4 atom stereocenters. The number of aliphatic hydroxyl groups excluding tert-OH is 2. The van der Waals surface area contributed by atoms with Gasteiger partial charge in [0.15, 0.2) is 23.2 Å². The van der Waals surface area contributed by atoms with Gasteiger partial charge in [-0.3, -0.25) is 14.3 Å². The lowest BCUT2D eigenvalue weighted by atomic mass is 9.87. The van der Waals surface area contributed by atoms with Gasteiger partial charge in [-0.1, -0.05) is 32.9 Å². The van der Waals surface area contributed by atoms with E-state index in [0.717, 1.165) is 5.69 Å². The lowest BCUT2D eigenvalue weighted by Gasteiger charge is -2.30. The lowest BCUT2D eigenvalue weighted by molar-refractivity contribution is -0.140. The highest BCUT2D eigenvalue weighted by Gasteiger charge is 2.45. The zero-order valence-corrected chi connectivity index (χ0v) is 27.6. The first-order valence-electron chi connectivity index (χ1n) is 15.8. The van der Waals surface area contributed by atoms with E-state index < -0.39 is 24.5 Å². The summed E-state index contributed by atoms with van der Waals surface area (Å²) in [4.78, 5) is 39.0. The molecule has 1 fully saturated rings. The first-order valence-corrected chi connectivity index (χ1v) is 15.8. The largest absolute Gasteiger partial charge is 0.469 e. The van der Waals surface area contributed by atoms with Crippen LogP contribution >= 0.6 is 0 Å². The molecule has 14 nitrogen and oxygen atoms in total. The van der Waals surface area contributed by atoms with Crippen molar-refractivity contribution in [3.05, 3.63) is 42.5 Å². The van der Waals surface area contributed by atoms with Crippen LogP contribution in [0.4, 0.5) is 16.3 Å². The number of hydrogen-bond donors (Lipinski definition) is 5. The predicted octanol–water partition coefficient (Wildman–Crippen LogP) is 3.03. The number of aliphatic hydroxyl groups is 2. The molecule has 1 aliphatic rings. The molecule has 0 bridgehead atoms. The monoisotopic (exact) mass is 640 g/mol. The van der Waals surface area contributed by atoms with E-state index in [1.54, 1.807) is 4.57 Å². The van der Waals surface area contributed by atoms with Gasteiger partial charge in [0.2, 0.25) is 0 Å². The van der Waals surface area contributed by atoms with Crippen molar-refractivity contribution in [2.75, 3.05) is 43.9 Å². The van der Waals surface area contributed by atoms with Crippen molar-refractivity contribution in [3.8, 4) is 0 Å². The predicted molar refractivity (Wildman–Crippen MR) is 174 cm³/mol. The topological polar surface area (TPSA) is 176 Å². The molecule has 5 N–H and O–H groups in total. The number of aromatic nitrogens is 4.